The third-order valence-corrected chi connectivity index (χ3v) is 7.91. The number of esters is 1. The Morgan fingerprint density at radius 2 is 1.05 bits per heavy atom. The lowest BCUT2D eigenvalue weighted by molar-refractivity contribution is -0.143. The van der Waals surface area contributed by atoms with E-state index in [1.165, 1.54) is 89.9 Å². The predicted octanol–water partition coefficient (Wildman–Crippen LogP) is 7.81. The molecule has 0 aromatic heterocycles. The molecule has 1 aromatic rings. The summed E-state index contributed by atoms with van der Waals surface area (Å²) in [4.78, 5) is 38.1. The van der Waals surface area contributed by atoms with Crippen molar-refractivity contribution >= 4 is 17.3 Å². The van der Waals surface area contributed by atoms with Crippen LogP contribution >= 0.6 is 0 Å². The molecule has 7 heteroatoms. The van der Waals surface area contributed by atoms with Gasteiger partial charge in [-0.1, -0.05) is 104 Å². The smallest absolute Gasteiger partial charge is 0.305 e. The second kappa shape index (κ2) is 25.8. The number of carbonyl (C=O) groups is 1. The topological polar surface area (TPSA) is 87.7 Å². The Morgan fingerprint density at radius 1 is 0.585 bits per heavy atom. The fraction of sp³-hybridized carbons (Fsp3) is 0.853. The zero-order chi connectivity index (χ0) is 30.0. The molecular weight excluding hydrogens is 514 g/mol. The molecular formula is C34H63N3O4. The molecule has 0 aliphatic rings. The lowest BCUT2D eigenvalue weighted by Gasteiger charge is -2.23. The summed E-state index contributed by atoms with van der Waals surface area (Å²) in [5.74, 6) is -0.0315. The van der Waals surface area contributed by atoms with Crippen LogP contribution in [-0.4, -0.2) is 50.2 Å². The first-order chi connectivity index (χ1) is 20.0. The van der Waals surface area contributed by atoms with Crippen LogP contribution in [0, 0.1) is 0 Å². The molecule has 0 saturated heterocycles. The summed E-state index contributed by atoms with van der Waals surface area (Å²) >= 11 is 0. The van der Waals surface area contributed by atoms with Crippen molar-refractivity contribution in [2.45, 2.75) is 149 Å². The van der Waals surface area contributed by atoms with Gasteiger partial charge in [0.25, 0.3) is 10.9 Å². The van der Waals surface area contributed by atoms with Crippen molar-refractivity contribution < 1.29 is 9.53 Å². The van der Waals surface area contributed by atoms with Crippen LogP contribution in [0.1, 0.15) is 149 Å². The van der Waals surface area contributed by atoms with Crippen LogP contribution in [0.15, 0.2) is 9.59 Å². The summed E-state index contributed by atoms with van der Waals surface area (Å²) in [7, 11) is 0. The van der Waals surface area contributed by atoms with Crippen molar-refractivity contribution in [3.8, 4) is 0 Å². The van der Waals surface area contributed by atoms with E-state index in [9.17, 15) is 14.4 Å². The van der Waals surface area contributed by atoms with E-state index in [4.69, 9.17) is 4.74 Å². The average Bonchev–Trinajstić information content (AvgIpc) is 2.98. The molecule has 0 unspecified atom stereocenters. The van der Waals surface area contributed by atoms with Crippen molar-refractivity contribution in [1.29, 1.82) is 0 Å². The molecule has 0 heterocycles. The number of carbonyl (C=O) groups excluding carboxylic acids is 1. The minimum absolute atomic E-state index is 0.0315. The maximum atomic E-state index is 12.0. The largest absolute Gasteiger partial charge is 0.466 e. The van der Waals surface area contributed by atoms with Gasteiger partial charge in [-0.15, -0.1) is 0 Å². The molecule has 1 rings (SSSR count). The monoisotopic (exact) mass is 577 g/mol. The van der Waals surface area contributed by atoms with Crippen molar-refractivity contribution in [2.24, 2.45) is 0 Å². The lowest BCUT2D eigenvalue weighted by Crippen LogP contribution is -2.38. The van der Waals surface area contributed by atoms with Crippen molar-refractivity contribution in [3.63, 3.8) is 0 Å². The van der Waals surface area contributed by atoms with Crippen LogP contribution in [0.3, 0.4) is 0 Å². The first-order valence-corrected chi connectivity index (χ1v) is 17.2. The van der Waals surface area contributed by atoms with E-state index in [-0.39, 0.29) is 5.97 Å². The molecule has 0 amide bonds. The van der Waals surface area contributed by atoms with E-state index in [0.29, 0.717) is 37.5 Å². The number of anilines is 2. The summed E-state index contributed by atoms with van der Waals surface area (Å²) < 4.78 is 5.41. The van der Waals surface area contributed by atoms with Gasteiger partial charge in [0.1, 0.15) is 11.4 Å². The molecule has 0 saturated carbocycles. The molecule has 0 radical (unpaired) electrons. The first kappa shape index (κ1) is 37.1. The predicted molar refractivity (Wildman–Crippen MR) is 175 cm³/mol. The summed E-state index contributed by atoms with van der Waals surface area (Å²) in [5, 5.41) is 6.19. The van der Waals surface area contributed by atoms with Gasteiger partial charge in [0, 0.05) is 19.5 Å². The van der Waals surface area contributed by atoms with Gasteiger partial charge < -0.3 is 20.3 Å². The molecule has 0 bridgehead atoms. The van der Waals surface area contributed by atoms with E-state index in [0.717, 1.165) is 51.7 Å². The SMILES string of the molecule is CCCCCCCCCOC(=O)CCCCCCCN(CCCCCCCC)CCCNc1c(NCC)c(=O)c1=O. The molecule has 1 aromatic carbocycles. The van der Waals surface area contributed by atoms with Crippen LogP contribution in [0.4, 0.5) is 11.4 Å². The van der Waals surface area contributed by atoms with Gasteiger partial charge in [-0.2, -0.15) is 0 Å². The lowest BCUT2D eigenvalue weighted by atomic mass is 10.1. The highest BCUT2D eigenvalue weighted by atomic mass is 16.5. The van der Waals surface area contributed by atoms with Gasteiger partial charge in [-0.25, -0.2) is 0 Å². The van der Waals surface area contributed by atoms with Crippen LogP contribution < -0.4 is 21.5 Å². The Kier molecular flexibility index (Phi) is 23.4. The highest BCUT2D eigenvalue weighted by Crippen LogP contribution is 2.14. The van der Waals surface area contributed by atoms with Gasteiger partial charge in [-0.3, -0.25) is 14.4 Å². The molecule has 0 atom stereocenters. The Labute approximate surface area is 251 Å². The zero-order valence-corrected chi connectivity index (χ0v) is 27.0. The maximum absolute atomic E-state index is 12.0. The fourth-order valence-corrected chi connectivity index (χ4v) is 5.33. The average molecular weight is 578 g/mol. The van der Waals surface area contributed by atoms with Gasteiger partial charge in [0.2, 0.25) is 0 Å². The maximum Gasteiger partial charge on any atom is 0.305 e. The third-order valence-electron chi connectivity index (χ3n) is 7.91. The molecule has 0 fully saturated rings. The fourth-order valence-electron chi connectivity index (χ4n) is 5.33. The Bertz CT molecular complexity index is 834. The minimum atomic E-state index is -0.403. The highest BCUT2D eigenvalue weighted by molar-refractivity contribution is 5.73. The van der Waals surface area contributed by atoms with Gasteiger partial charge in [-0.05, 0) is 58.7 Å². The molecule has 0 spiro atoms. The number of hydrogen-bond acceptors (Lipinski definition) is 7. The number of unbranched alkanes of at least 4 members (excludes halogenated alkanes) is 15. The Morgan fingerprint density at radius 3 is 1.61 bits per heavy atom. The quantitative estimate of drug-likeness (QED) is 0.0547. The van der Waals surface area contributed by atoms with E-state index >= 15 is 0 Å². The van der Waals surface area contributed by atoms with E-state index in [1.807, 2.05) is 6.92 Å². The molecule has 41 heavy (non-hydrogen) atoms. The molecule has 0 aliphatic carbocycles. The van der Waals surface area contributed by atoms with E-state index < -0.39 is 10.9 Å². The van der Waals surface area contributed by atoms with Crippen LogP contribution in [0.5, 0.6) is 0 Å². The number of rotatable bonds is 30. The van der Waals surface area contributed by atoms with Crippen molar-refractivity contribution in [2.75, 3.05) is 50.0 Å². The minimum Gasteiger partial charge on any atom is -0.466 e. The first-order valence-electron chi connectivity index (χ1n) is 17.2. The van der Waals surface area contributed by atoms with Crippen molar-refractivity contribution in [1.82, 2.24) is 4.90 Å². The highest BCUT2D eigenvalue weighted by Gasteiger charge is 2.19. The molecule has 0 aliphatic heterocycles. The van der Waals surface area contributed by atoms with Crippen molar-refractivity contribution in [3.05, 3.63) is 20.4 Å². The van der Waals surface area contributed by atoms with Gasteiger partial charge in [0.15, 0.2) is 0 Å². The summed E-state index contributed by atoms with van der Waals surface area (Å²) in [6.45, 7) is 11.5. The Hall–Kier alpha value is -1.89. The second-order valence-electron chi connectivity index (χ2n) is 11.7. The van der Waals surface area contributed by atoms with Gasteiger partial charge in [0.05, 0.1) is 6.61 Å². The summed E-state index contributed by atoms with van der Waals surface area (Å²) in [5.41, 5.74) is 0.106. The van der Waals surface area contributed by atoms with Gasteiger partial charge >= 0.3 is 5.97 Å². The number of hydrogen-bond donors (Lipinski definition) is 2. The summed E-state index contributed by atoms with van der Waals surface area (Å²) in [6, 6.07) is 0. The standard InChI is InChI=1S/C34H63N3O4/c1-4-7-9-11-13-18-22-29-41-30(38)24-19-15-14-17-21-27-37(26-20-16-12-10-8-5-2)28-23-25-36-32-31(35-6-3)33(39)34(32)40/h35-36H,4-29H2,1-3H3. The van der Waals surface area contributed by atoms with Crippen LogP contribution in [0.2, 0.25) is 0 Å². The van der Waals surface area contributed by atoms with Crippen LogP contribution in [-0.2, 0) is 9.53 Å². The normalized spacial score (nSPS) is 11.4. The van der Waals surface area contributed by atoms with E-state index in [1.54, 1.807) is 0 Å². The molecule has 2 N–H and O–H groups in total. The zero-order valence-electron chi connectivity index (χ0n) is 27.0. The number of nitrogens with zero attached hydrogens (tertiary/aromatic N) is 1. The molecule has 7 nitrogen and oxygen atoms in total. The molecule has 238 valence electrons. The third kappa shape index (κ3) is 18.3. The van der Waals surface area contributed by atoms with Crippen LogP contribution in [0.25, 0.3) is 0 Å². The van der Waals surface area contributed by atoms with E-state index in [2.05, 4.69) is 29.4 Å². The second-order valence-corrected chi connectivity index (χ2v) is 11.7. The Balaban J connectivity index is 2.18. The number of ether oxygens (including phenoxy) is 1. The number of nitrogens with one attached hydrogen (secondary N) is 2. The summed E-state index contributed by atoms with van der Waals surface area (Å²) in [6.07, 6.45) is 23.5.